The average molecular weight is 461 g/mol. The number of nitrogens with zero attached hydrogens (tertiary/aromatic N) is 2. The highest BCUT2D eigenvalue weighted by Gasteiger charge is 2.54. The first-order valence-corrected chi connectivity index (χ1v) is 10.8. The van der Waals surface area contributed by atoms with Crippen molar-refractivity contribution in [2.75, 3.05) is 38.2 Å². The number of piperidine rings is 1. The van der Waals surface area contributed by atoms with Crippen molar-refractivity contribution in [1.29, 1.82) is 0 Å². The highest BCUT2D eigenvalue weighted by Crippen LogP contribution is 2.51. The summed E-state index contributed by atoms with van der Waals surface area (Å²) in [5.41, 5.74) is 1.57. The summed E-state index contributed by atoms with van der Waals surface area (Å²) >= 11 is 0. The molecule has 2 heterocycles. The maximum absolute atomic E-state index is 13.7. The number of hydrogen-bond acceptors (Lipinski definition) is 4. The monoisotopic (exact) mass is 461 g/mol. The lowest BCUT2D eigenvalue weighted by Crippen LogP contribution is -2.50. The first-order chi connectivity index (χ1) is 15.7. The van der Waals surface area contributed by atoms with Gasteiger partial charge in [-0.2, -0.15) is 13.2 Å². The zero-order chi connectivity index (χ0) is 23.6. The van der Waals surface area contributed by atoms with E-state index in [2.05, 4.69) is 17.0 Å². The Morgan fingerprint density at radius 1 is 1.09 bits per heavy atom. The van der Waals surface area contributed by atoms with Crippen LogP contribution in [0.4, 0.5) is 18.9 Å². The van der Waals surface area contributed by atoms with Crippen LogP contribution in [0, 0.1) is 0 Å². The zero-order valence-electron chi connectivity index (χ0n) is 18.3. The summed E-state index contributed by atoms with van der Waals surface area (Å²) in [6, 6.07) is 15.3. The highest BCUT2D eigenvalue weighted by molar-refractivity contribution is 6.11. The number of rotatable bonds is 6. The van der Waals surface area contributed by atoms with E-state index in [1.165, 1.54) is 17.6 Å². The fourth-order valence-electron chi connectivity index (χ4n) is 4.82. The van der Waals surface area contributed by atoms with Crippen molar-refractivity contribution in [3.63, 3.8) is 0 Å². The number of carbonyl (C=O) groups is 2. The van der Waals surface area contributed by atoms with Gasteiger partial charge in [0.05, 0.1) is 18.2 Å². The van der Waals surface area contributed by atoms with Crippen LogP contribution < -0.4 is 15.0 Å². The topological polar surface area (TPSA) is 61.9 Å². The molecule has 0 aliphatic carbocycles. The van der Waals surface area contributed by atoms with Gasteiger partial charge in [0.2, 0.25) is 11.8 Å². The second-order valence-corrected chi connectivity index (χ2v) is 8.48. The minimum Gasteiger partial charge on any atom is -0.496 e. The number of amides is 2. The Morgan fingerprint density at radius 2 is 1.79 bits per heavy atom. The molecule has 2 aromatic carbocycles. The summed E-state index contributed by atoms with van der Waals surface area (Å²) in [5.74, 6) is -0.563. The summed E-state index contributed by atoms with van der Waals surface area (Å²) in [7, 11) is 1.52. The number of likely N-dealkylation sites (tertiary alicyclic amines) is 1. The van der Waals surface area contributed by atoms with Crippen molar-refractivity contribution in [3.05, 3.63) is 59.7 Å². The fraction of sp³-hybridized carbons (Fsp3) is 0.417. The molecule has 1 spiro atoms. The number of methoxy groups -OCH3 is 1. The van der Waals surface area contributed by atoms with Gasteiger partial charge in [-0.25, -0.2) is 0 Å². The molecule has 0 aromatic heterocycles. The molecule has 0 bridgehead atoms. The molecule has 0 saturated carbocycles. The third kappa shape index (κ3) is 4.68. The van der Waals surface area contributed by atoms with E-state index in [9.17, 15) is 22.8 Å². The van der Waals surface area contributed by atoms with Crippen molar-refractivity contribution in [2.45, 2.75) is 31.0 Å². The molecule has 0 unspecified atom stereocenters. The van der Waals surface area contributed by atoms with Gasteiger partial charge in [-0.05, 0) is 43.6 Å². The Kier molecular flexibility index (Phi) is 6.34. The lowest BCUT2D eigenvalue weighted by atomic mass is 9.73. The van der Waals surface area contributed by atoms with Crippen molar-refractivity contribution in [3.8, 4) is 5.75 Å². The van der Waals surface area contributed by atoms with E-state index in [0.29, 0.717) is 37.4 Å². The minimum atomic E-state index is -4.52. The van der Waals surface area contributed by atoms with E-state index in [0.717, 1.165) is 12.1 Å². The molecule has 1 fully saturated rings. The lowest BCUT2D eigenvalue weighted by molar-refractivity contribution is -0.138. The predicted octanol–water partition coefficient (Wildman–Crippen LogP) is 3.25. The van der Waals surface area contributed by atoms with E-state index in [-0.39, 0.29) is 5.91 Å². The van der Waals surface area contributed by atoms with Crippen LogP contribution in [0.25, 0.3) is 0 Å². The molecule has 4 rings (SSSR count). The highest BCUT2D eigenvalue weighted by atomic mass is 19.4. The van der Waals surface area contributed by atoms with Gasteiger partial charge in [-0.1, -0.05) is 36.4 Å². The Bertz CT molecular complexity index is 1020. The molecule has 1 saturated heterocycles. The molecule has 176 valence electrons. The van der Waals surface area contributed by atoms with Crippen molar-refractivity contribution >= 4 is 17.5 Å². The molecular weight excluding hydrogens is 435 g/mol. The first kappa shape index (κ1) is 23.1. The number of fused-ring (bicyclic) bond motifs is 2. The molecule has 2 aliphatic heterocycles. The van der Waals surface area contributed by atoms with Crippen LogP contribution in [-0.2, 0) is 21.5 Å². The summed E-state index contributed by atoms with van der Waals surface area (Å²) in [6.07, 6.45) is -3.45. The summed E-state index contributed by atoms with van der Waals surface area (Å²) in [6.45, 7) is 0.217. The quantitative estimate of drug-likeness (QED) is 0.718. The Balaban J connectivity index is 1.56. The molecule has 2 aliphatic rings. The van der Waals surface area contributed by atoms with Crippen LogP contribution in [0.15, 0.2) is 48.5 Å². The fourth-order valence-corrected chi connectivity index (χ4v) is 4.82. The minimum absolute atomic E-state index is 0.261. The number of nitrogens with one attached hydrogen (secondary N) is 1. The summed E-state index contributed by atoms with van der Waals surface area (Å²) in [4.78, 5) is 29.5. The first-order valence-electron chi connectivity index (χ1n) is 10.8. The average Bonchev–Trinajstić information content (AvgIpc) is 3.02. The number of halogens is 3. The van der Waals surface area contributed by atoms with Crippen LogP contribution in [0.1, 0.15) is 24.0 Å². The SMILES string of the molecule is COc1cccc2c1C1(CCN(Cc3ccccc3)CC1)C(=O)N2CC(=O)NCC(F)(F)F. The zero-order valence-corrected chi connectivity index (χ0v) is 18.3. The predicted molar refractivity (Wildman–Crippen MR) is 117 cm³/mol. The molecule has 2 amide bonds. The molecule has 2 aromatic rings. The van der Waals surface area contributed by atoms with E-state index < -0.39 is 30.6 Å². The van der Waals surface area contributed by atoms with Crippen LogP contribution in [0.3, 0.4) is 0 Å². The number of benzene rings is 2. The van der Waals surface area contributed by atoms with Crippen LogP contribution >= 0.6 is 0 Å². The normalized spacial score (nSPS) is 17.8. The van der Waals surface area contributed by atoms with Crippen molar-refractivity contribution in [1.82, 2.24) is 10.2 Å². The molecule has 0 radical (unpaired) electrons. The van der Waals surface area contributed by atoms with Crippen LogP contribution in [-0.4, -0.2) is 56.2 Å². The van der Waals surface area contributed by atoms with E-state index in [1.54, 1.807) is 18.2 Å². The van der Waals surface area contributed by atoms with Gasteiger partial charge in [0.1, 0.15) is 18.8 Å². The number of carbonyl (C=O) groups excluding carboxylic acids is 2. The maximum atomic E-state index is 13.7. The number of ether oxygens (including phenoxy) is 1. The summed E-state index contributed by atoms with van der Waals surface area (Å²) in [5, 5.41) is 1.86. The number of alkyl halides is 3. The molecular formula is C24H26F3N3O3. The van der Waals surface area contributed by atoms with E-state index >= 15 is 0 Å². The number of anilines is 1. The Morgan fingerprint density at radius 3 is 2.42 bits per heavy atom. The molecule has 6 nitrogen and oxygen atoms in total. The second kappa shape index (κ2) is 9.05. The van der Waals surface area contributed by atoms with Crippen LogP contribution in [0.2, 0.25) is 0 Å². The smallest absolute Gasteiger partial charge is 0.405 e. The van der Waals surface area contributed by atoms with Crippen molar-refractivity contribution < 1.29 is 27.5 Å². The van der Waals surface area contributed by atoms with Gasteiger partial charge in [-0.15, -0.1) is 0 Å². The van der Waals surface area contributed by atoms with E-state index in [1.807, 2.05) is 23.5 Å². The van der Waals surface area contributed by atoms with Gasteiger partial charge < -0.3 is 15.0 Å². The lowest BCUT2D eigenvalue weighted by Gasteiger charge is -2.38. The summed E-state index contributed by atoms with van der Waals surface area (Å²) < 4.78 is 43.1. The number of hydrogen-bond donors (Lipinski definition) is 1. The third-order valence-corrected chi connectivity index (χ3v) is 6.39. The third-order valence-electron chi connectivity index (χ3n) is 6.39. The van der Waals surface area contributed by atoms with Crippen molar-refractivity contribution in [2.24, 2.45) is 0 Å². The molecule has 9 heteroatoms. The van der Waals surface area contributed by atoms with Gasteiger partial charge >= 0.3 is 6.18 Å². The van der Waals surface area contributed by atoms with Gasteiger partial charge in [0.25, 0.3) is 0 Å². The van der Waals surface area contributed by atoms with Gasteiger partial charge in [0.15, 0.2) is 0 Å². The van der Waals surface area contributed by atoms with Gasteiger partial charge in [-0.3, -0.25) is 14.5 Å². The van der Waals surface area contributed by atoms with Crippen LogP contribution in [0.5, 0.6) is 5.75 Å². The Labute approximate surface area is 190 Å². The van der Waals surface area contributed by atoms with E-state index in [4.69, 9.17) is 4.74 Å². The van der Waals surface area contributed by atoms with Gasteiger partial charge in [0, 0.05) is 12.1 Å². The Hall–Kier alpha value is -3.07. The maximum Gasteiger partial charge on any atom is 0.405 e. The molecule has 1 N–H and O–H groups in total. The molecule has 33 heavy (non-hydrogen) atoms. The second-order valence-electron chi connectivity index (χ2n) is 8.48. The molecule has 0 atom stereocenters. The largest absolute Gasteiger partial charge is 0.496 e. The standard InChI is InChI=1S/C24H26F3N3O3/c1-33-19-9-5-8-18-21(19)23(22(32)30(18)15-20(31)28-16-24(25,26)27)10-12-29(13-11-23)14-17-6-3-2-4-7-17/h2-9H,10-16H2,1H3,(H,28,31).